The van der Waals surface area contributed by atoms with E-state index in [4.69, 9.17) is 16.3 Å². The number of halogens is 1. The van der Waals surface area contributed by atoms with Gasteiger partial charge in [0.15, 0.2) is 0 Å². The van der Waals surface area contributed by atoms with E-state index >= 15 is 0 Å². The van der Waals surface area contributed by atoms with E-state index in [9.17, 15) is 4.79 Å². The molecule has 0 radical (unpaired) electrons. The Labute approximate surface area is 203 Å². The van der Waals surface area contributed by atoms with E-state index in [2.05, 4.69) is 41.0 Å². The number of ether oxygens (including phenoxy) is 1. The molecular formula is C29H25ClN2O2. The van der Waals surface area contributed by atoms with Gasteiger partial charge in [0.25, 0.3) is 0 Å². The number of rotatable bonds is 6. The minimum absolute atomic E-state index is 0.0457. The largest absolute Gasteiger partial charge is 0.497 e. The van der Waals surface area contributed by atoms with E-state index in [1.54, 1.807) is 12.0 Å². The summed E-state index contributed by atoms with van der Waals surface area (Å²) in [6.45, 7) is 0.785. The van der Waals surface area contributed by atoms with E-state index in [-0.39, 0.29) is 12.5 Å². The Kier molecular flexibility index (Phi) is 5.99. The minimum atomic E-state index is 0.0457. The van der Waals surface area contributed by atoms with Crippen molar-refractivity contribution >= 4 is 39.3 Å². The molecule has 0 bridgehead atoms. The lowest BCUT2D eigenvalue weighted by Crippen LogP contribution is -2.29. The fourth-order valence-electron chi connectivity index (χ4n) is 4.46. The average molecular weight is 469 g/mol. The zero-order chi connectivity index (χ0) is 23.7. The highest BCUT2D eigenvalue weighted by molar-refractivity contribution is 6.30. The number of aromatic nitrogens is 1. The van der Waals surface area contributed by atoms with Gasteiger partial charge in [-0.2, -0.15) is 0 Å². The second kappa shape index (κ2) is 9.24. The summed E-state index contributed by atoms with van der Waals surface area (Å²) in [5, 5.41) is 2.96. The van der Waals surface area contributed by atoms with Crippen molar-refractivity contribution in [1.82, 2.24) is 9.47 Å². The van der Waals surface area contributed by atoms with E-state index in [0.717, 1.165) is 44.2 Å². The van der Waals surface area contributed by atoms with Crippen molar-refractivity contribution in [3.05, 3.63) is 102 Å². The molecule has 0 atom stereocenters. The standard InChI is InChI=1S/C29H25ClN2O2/c1-31(18-20-7-5-10-24(15-20)34-2)29(33)19-32-27-12-4-3-11-25(27)26-17-22(13-14-28(26)32)21-8-6-9-23(30)16-21/h3-17H,18-19H2,1-2H3. The lowest BCUT2D eigenvalue weighted by molar-refractivity contribution is -0.130. The highest BCUT2D eigenvalue weighted by Crippen LogP contribution is 2.33. The molecule has 0 aliphatic rings. The van der Waals surface area contributed by atoms with E-state index in [1.165, 1.54) is 0 Å². The summed E-state index contributed by atoms with van der Waals surface area (Å²) >= 11 is 6.22. The van der Waals surface area contributed by atoms with Crippen molar-refractivity contribution in [3.63, 3.8) is 0 Å². The molecule has 0 N–H and O–H groups in total. The number of likely N-dealkylation sites (N-methyl/N-ethyl adjacent to an activating group) is 1. The molecule has 34 heavy (non-hydrogen) atoms. The van der Waals surface area contributed by atoms with Crippen molar-refractivity contribution in [1.29, 1.82) is 0 Å². The van der Waals surface area contributed by atoms with Crippen molar-refractivity contribution in [2.45, 2.75) is 13.1 Å². The summed E-state index contributed by atoms with van der Waals surface area (Å²) in [6.07, 6.45) is 0. The van der Waals surface area contributed by atoms with Gasteiger partial charge in [-0.25, -0.2) is 0 Å². The van der Waals surface area contributed by atoms with Gasteiger partial charge in [-0.15, -0.1) is 0 Å². The first-order chi connectivity index (χ1) is 16.5. The van der Waals surface area contributed by atoms with Crippen molar-refractivity contribution in [2.24, 2.45) is 0 Å². The van der Waals surface area contributed by atoms with Gasteiger partial charge in [0.2, 0.25) is 5.91 Å². The van der Waals surface area contributed by atoms with E-state index in [1.807, 2.05) is 61.6 Å². The topological polar surface area (TPSA) is 34.5 Å². The summed E-state index contributed by atoms with van der Waals surface area (Å²) < 4.78 is 7.42. The van der Waals surface area contributed by atoms with Gasteiger partial charge in [0.1, 0.15) is 12.3 Å². The molecule has 5 heteroatoms. The molecule has 5 rings (SSSR count). The summed E-state index contributed by atoms with van der Waals surface area (Å²) in [7, 11) is 3.49. The SMILES string of the molecule is COc1cccc(CN(C)C(=O)Cn2c3ccccc3c3cc(-c4cccc(Cl)c4)ccc32)c1. The Morgan fingerprint density at radius 3 is 2.44 bits per heavy atom. The van der Waals surface area contributed by atoms with E-state index < -0.39 is 0 Å². The Hall–Kier alpha value is -3.76. The number of benzene rings is 4. The van der Waals surface area contributed by atoms with Crippen LogP contribution in [0.25, 0.3) is 32.9 Å². The van der Waals surface area contributed by atoms with Crippen LogP contribution in [0.2, 0.25) is 5.02 Å². The number of methoxy groups -OCH3 is 1. The molecule has 0 unspecified atom stereocenters. The van der Waals surface area contributed by atoms with Gasteiger partial charge in [-0.05, 0) is 59.2 Å². The molecule has 0 aliphatic heterocycles. The number of nitrogens with zero attached hydrogens (tertiary/aromatic N) is 2. The van der Waals surface area contributed by atoms with Crippen LogP contribution in [-0.4, -0.2) is 29.5 Å². The molecule has 5 aromatic rings. The molecule has 0 spiro atoms. The predicted molar refractivity (Wildman–Crippen MR) is 139 cm³/mol. The highest BCUT2D eigenvalue weighted by Gasteiger charge is 2.16. The van der Waals surface area contributed by atoms with Crippen LogP contribution in [0.1, 0.15) is 5.56 Å². The van der Waals surface area contributed by atoms with Gasteiger partial charge in [-0.3, -0.25) is 4.79 Å². The predicted octanol–water partition coefficient (Wildman–Crippen LogP) is 6.78. The summed E-state index contributed by atoms with van der Waals surface area (Å²) in [5.74, 6) is 0.834. The number of amides is 1. The third kappa shape index (κ3) is 4.25. The maximum absolute atomic E-state index is 13.2. The molecule has 170 valence electrons. The summed E-state index contributed by atoms with van der Waals surface area (Å²) in [5.41, 5.74) is 5.28. The first-order valence-electron chi connectivity index (χ1n) is 11.2. The van der Waals surface area contributed by atoms with Crippen LogP contribution >= 0.6 is 11.6 Å². The van der Waals surface area contributed by atoms with Crippen LogP contribution in [0.15, 0.2) is 91.0 Å². The number of fused-ring (bicyclic) bond motifs is 3. The van der Waals surface area contributed by atoms with Gasteiger partial charge in [0.05, 0.1) is 7.11 Å². The third-order valence-electron chi connectivity index (χ3n) is 6.20. The molecule has 1 aromatic heterocycles. The fraction of sp³-hybridized carbons (Fsp3) is 0.138. The van der Waals surface area contributed by atoms with Crippen molar-refractivity contribution < 1.29 is 9.53 Å². The smallest absolute Gasteiger partial charge is 0.242 e. The molecule has 0 fully saturated rings. The number of para-hydroxylation sites is 1. The maximum atomic E-state index is 13.2. The zero-order valence-corrected chi connectivity index (χ0v) is 19.9. The molecule has 0 aliphatic carbocycles. The second-order valence-electron chi connectivity index (χ2n) is 8.45. The van der Waals surface area contributed by atoms with Crippen LogP contribution in [0.3, 0.4) is 0 Å². The molecule has 4 nitrogen and oxygen atoms in total. The van der Waals surface area contributed by atoms with Crippen molar-refractivity contribution in [3.8, 4) is 16.9 Å². The normalized spacial score (nSPS) is 11.1. The summed E-state index contributed by atoms with van der Waals surface area (Å²) in [6, 6.07) is 30.3. The number of carbonyl (C=O) groups excluding carboxylic acids is 1. The zero-order valence-electron chi connectivity index (χ0n) is 19.2. The Balaban J connectivity index is 1.49. The second-order valence-corrected chi connectivity index (χ2v) is 8.88. The first kappa shape index (κ1) is 22.1. The summed E-state index contributed by atoms with van der Waals surface area (Å²) in [4.78, 5) is 15.0. The van der Waals surface area contributed by atoms with Crippen LogP contribution in [0, 0.1) is 0 Å². The maximum Gasteiger partial charge on any atom is 0.242 e. The number of hydrogen-bond acceptors (Lipinski definition) is 2. The lowest BCUT2D eigenvalue weighted by atomic mass is 10.0. The Morgan fingerprint density at radius 2 is 1.62 bits per heavy atom. The van der Waals surface area contributed by atoms with Gasteiger partial charge in [-0.1, -0.05) is 60.1 Å². The minimum Gasteiger partial charge on any atom is -0.497 e. The number of carbonyl (C=O) groups is 1. The van der Waals surface area contributed by atoms with Crippen LogP contribution in [0.4, 0.5) is 0 Å². The Bertz CT molecular complexity index is 1510. The molecular weight excluding hydrogens is 444 g/mol. The molecule has 0 saturated carbocycles. The first-order valence-corrected chi connectivity index (χ1v) is 11.5. The highest BCUT2D eigenvalue weighted by atomic mass is 35.5. The fourth-order valence-corrected chi connectivity index (χ4v) is 4.65. The quantitative estimate of drug-likeness (QED) is 0.275. The molecule has 0 saturated heterocycles. The molecule has 1 amide bonds. The molecule has 4 aromatic carbocycles. The van der Waals surface area contributed by atoms with Crippen molar-refractivity contribution in [2.75, 3.05) is 14.2 Å². The molecule has 1 heterocycles. The van der Waals surface area contributed by atoms with Gasteiger partial charge >= 0.3 is 0 Å². The lowest BCUT2D eigenvalue weighted by Gasteiger charge is -2.19. The van der Waals surface area contributed by atoms with Gasteiger partial charge in [0, 0.05) is 40.4 Å². The monoisotopic (exact) mass is 468 g/mol. The number of hydrogen-bond donors (Lipinski definition) is 0. The van der Waals surface area contributed by atoms with Crippen LogP contribution in [-0.2, 0) is 17.9 Å². The third-order valence-corrected chi connectivity index (χ3v) is 6.44. The van der Waals surface area contributed by atoms with E-state index in [0.29, 0.717) is 11.6 Å². The average Bonchev–Trinajstić information content (AvgIpc) is 3.17. The van der Waals surface area contributed by atoms with Crippen LogP contribution < -0.4 is 4.74 Å². The van der Waals surface area contributed by atoms with Gasteiger partial charge < -0.3 is 14.2 Å². The van der Waals surface area contributed by atoms with Crippen LogP contribution in [0.5, 0.6) is 5.75 Å². The Morgan fingerprint density at radius 1 is 0.853 bits per heavy atom.